The van der Waals surface area contributed by atoms with Gasteiger partial charge in [-0.3, -0.25) is 4.79 Å². The molecule has 146 valence electrons. The quantitative estimate of drug-likeness (QED) is 0.710. The molecule has 2 aromatic rings. The zero-order chi connectivity index (χ0) is 19.4. The van der Waals surface area contributed by atoms with Crippen LogP contribution in [-0.4, -0.2) is 30.0 Å². The number of carbonyl (C=O) groups is 1. The van der Waals surface area contributed by atoms with Crippen LogP contribution >= 0.6 is 0 Å². The highest BCUT2D eigenvalue weighted by Crippen LogP contribution is 2.26. The molecule has 1 amide bonds. The van der Waals surface area contributed by atoms with Crippen LogP contribution in [0.3, 0.4) is 0 Å². The predicted molar refractivity (Wildman–Crippen MR) is 106 cm³/mol. The van der Waals surface area contributed by atoms with Crippen LogP contribution in [-0.2, 0) is 11.2 Å². The van der Waals surface area contributed by atoms with Crippen molar-refractivity contribution in [2.45, 2.75) is 70.9 Å². The molecule has 0 saturated heterocycles. The number of hydrogen-bond donors (Lipinski definition) is 0. The Labute approximate surface area is 160 Å². The van der Waals surface area contributed by atoms with E-state index in [2.05, 4.69) is 6.92 Å². The molecule has 27 heavy (non-hydrogen) atoms. The smallest absolute Gasteiger partial charge is 0.336 e. The summed E-state index contributed by atoms with van der Waals surface area (Å²) in [7, 11) is 1.87. The number of fused-ring (bicyclic) bond motifs is 1. The highest BCUT2D eigenvalue weighted by molar-refractivity contribution is 5.83. The van der Waals surface area contributed by atoms with Gasteiger partial charge in [-0.2, -0.15) is 0 Å². The molecular formula is C22H29NO4. The maximum absolute atomic E-state index is 12.7. The average molecular weight is 371 g/mol. The van der Waals surface area contributed by atoms with E-state index in [0.29, 0.717) is 17.4 Å². The number of amides is 1. The number of rotatable bonds is 6. The van der Waals surface area contributed by atoms with Crippen molar-refractivity contribution in [3.05, 3.63) is 40.2 Å². The van der Waals surface area contributed by atoms with E-state index < -0.39 is 6.10 Å². The van der Waals surface area contributed by atoms with Gasteiger partial charge in [-0.15, -0.1) is 0 Å². The van der Waals surface area contributed by atoms with E-state index in [1.807, 2.05) is 24.1 Å². The topological polar surface area (TPSA) is 59.8 Å². The minimum absolute atomic E-state index is 0.0109. The lowest BCUT2D eigenvalue weighted by molar-refractivity contribution is -0.139. The molecule has 5 nitrogen and oxygen atoms in total. The summed E-state index contributed by atoms with van der Waals surface area (Å²) in [6.07, 6.45) is 6.95. The van der Waals surface area contributed by atoms with Crippen LogP contribution in [0.1, 0.15) is 57.9 Å². The Morgan fingerprint density at radius 3 is 2.70 bits per heavy atom. The van der Waals surface area contributed by atoms with Crippen LogP contribution in [0, 0.1) is 0 Å². The number of benzene rings is 1. The molecule has 0 N–H and O–H groups in total. The SMILES string of the molecule is CCCc1cc(=O)oc2cc(OC(C)C(=O)N(C)C3CCCCC3)ccc12. The van der Waals surface area contributed by atoms with Crippen molar-refractivity contribution in [3.63, 3.8) is 0 Å². The van der Waals surface area contributed by atoms with Gasteiger partial charge in [0.25, 0.3) is 5.91 Å². The van der Waals surface area contributed by atoms with Gasteiger partial charge >= 0.3 is 5.63 Å². The second-order valence-corrected chi connectivity index (χ2v) is 7.50. The minimum Gasteiger partial charge on any atom is -0.481 e. The van der Waals surface area contributed by atoms with Gasteiger partial charge in [0, 0.05) is 30.6 Å². The second kappa shape index (κ2) is 8.59. The molecule has 1 fully saturated rings. The highest BCUT2D eigenvalue weighted by atomic mass is 16.5. The first-order chi connectivity index (χ1) is 13.0. The summed E-state index contributed by atoms with van der Waals surface area (Å²) in [5, 5.41) is 0.919. The first kappa shape index (κ1) is 19.5. The molecule has 1 aliphatic rings. The first-order valence-corrected chi connectivity index (χ1v) is 9.99. The van der Waals surface area contributed by atoms with Crippen LogP contribution in [0.15, 0.2) is 33.5 Å². The molecule has 0 spiro atoms. The molecule has 0 bridgehead atoms. The van der Waals surface area contributed by atoms with E-state index >= 15 is 0 Å². The fourth-order valence-corrected chi connectivity index (χ4v) is 3.95. The van der Waals surface area contributed by atoms with E-state index in [4.69, 9.17) is 9.15 Å². The van der Waals surface area contributed by atoms with E-state index in [1.54, 1.807) is 19.1 Å². The fourth-order valence-electron chi connectivity index (χ4n) is 3.95. The highest BCUT2D eigenvalue weighted by Gasteiger charge is 2.26. The van der Waals surface area contributed by atoms with Gasteiger partial charge < -0.3 is 14.1 Å². The molecule has 0 aliphatic heterocycles. The van der Waals surface area contributed by atoms with Crippen molar-refractivity contribution in [1.29, 1.82) is 0 Å². The number of nitrogens with zero attached hydrogens (tertiary/aromatic N) is 1. The molecule has 1 unspecified atom stereocenters. The Bertz CT molecular complexity index is 851. The first-order valence-electron chi connectivity index (χ1n) is 9.99. The van der Waals surface area contributed by atoms with Crippen molar-refractivity contribution in [1.82, 2.24) is 4.90 Å². The van der Waals surface area contributed by atoms with Gasteiger partial charge in [-0.25, -0.2) is 4.79 Å². The summed E-state index contributed by atoms with van der Waals surface area (Å²) in [6, 6.07) is 7.31. The minimum atomic E-state index is -0.583. The van der Waals surface area contributed by atoms with Gasteiger partial charge in [0.2, 0.25) is 0 Å². The molecule has 3 rings (SSSR count). The lowest BCUT2D eigenvalue weighted by Crippen LogP contribution is -2.44. The molecule has 1 aliphatic carbocycles. The molecule has 1 aromatic carbocycles. The van der Waals surface area contributed by atoms with Crippen LogP contribution in [0.2, 0.25) is 0 Å². The van der Waals surface area contributed by atoms with Crippen LogP contribution in [0.5, 0.6) is 5.75 Å². The van der Waals surface area contributed by atoms with Gasteiger partial charge in [-0.1, -0.05) is 32.6 Å². The van der Waals surface area contributed by atoms with Gasteiger partial charge in [0.1, 0.15) is 11.3 Å². The van der Waals surface area contributed by atoms with Crippen LogP contribution in [0.25, 0.3) is 11.0 Å². The van der Waals surface area contributed by atoms with E-state index in [-0.39, 0.29) is 11.5 Å². The third-order valence-corrected chi connectivity index (χ3v) is 5.45. The summed E-state index contributed by atoms with van der Waals surface area (Å²) >= 11 is 0. The number of aryl methyl sites for hydroxylation is 1. The zero-order valence-electron chi connectivity index (χ0n) is 16.5. The van der Waals surface area contributed by atoms with Gasteiger partial charge in [-0.05, 0) is 43.9 Å². The van der Waals surface area contributed by atoms with Gasteiger partial charge in [0.15, 0.2) is 6.10 Å². The summed E-state index contributed by atoms with van der Waals surface area (Å²) in [5.74, 6) is 0.528. The Kier molecular flexibility index (Phi) is 6.19. The Morgan fingerprint density at radius 2 is 2.00 bits per heavy atom. The van der Waals surface area contributed by atoms with Crippen molar-refractivity contribution >= 4 is 16.9 Å². The Hall–Kier alpha value is -2.30. The second-order valence-electron chi connectivity index (χ2n) is 7.50. The molecule has 1 atom stereocenters. The molecular weight excluding hydrogens is 342 g/mol. The van der Waals surface area contributed by atoms with E-state index in [0.717, 1.165) is 36.6 Å². The van der Waals surface area contributed by atoms with Crippen molar-refractivity contribution < 1.29 is 13.9 Å². The number of likely N-dealkylation sites (N-methyl/N-ethyl adjacent to an activating group) is 1. The van der Waals surface area contributed by atoms with Crippen molar-refractivity contribution in [3.8, 4) is 5.75 Å². The van der Waals surface area contributed by atoms with E-state index in [9.17, 15) is 9.59 Å². The number of ether oxygens (including phenoxy) is 1. The van der Waals surface area contributed by atoms with E-state index in [1.165, 1.54) is 19.3 Å². The molecule has 0 radical (unpaired) electrons. The number of carbonyl (C=O) groups excluding carboxylic acids is 1. The summed E-state index contributed by atoms with van der Waals surface area (Å²) in [4.78, 5) is 26.4. The normalized spacial score (nSPS) is 16.3. The maximum Gasteiger partial charge on any atom is 0.336 e. The van der Waals surface area contributed by atoms with Crippen LogP contribution in [0.4, 0.5) is 0 Å². The Morgan fingerprint density at radius 1 is 1.26 bits per heavy atom. The summed E-state index contributed by atoms with van der Waals surface area (Å²) in [5.41, 5.74) is 1.13. The largest absolute Gasteiger partial charge is 0.481 e. The molecule has 1 heterocycles. The maximum atomic E-state index is 12.7. The van der Waals surface area contributed by atoms with Crippen molar-refractivity contribution in [2.24, 2.45) is 0 Å². The molecule has 5 heteroatoms. The number of hydrogen-bond acceptors (Lipinski definition) is 4. The lowest BCUT2D eigenvalue weighted by Gasteiger charge is -2.32. The summed E-state index contributed by atoms with van der Waals surface area (Å²) in [6.45, 7) is 3.85. The summed E-state index contributed by atoms with van der Waals surface area (Å²) < 4.78 is 11.2. The predicted octanol–water partition coefficient (Wildman–Crippen LogP) is 4.30. The lowest BCUT2D eigenvalue weighted by atomic mass is 9.94. The third kappa shape index (κ3) is 4.52. The molecule has 1 aromatic heterocycles. The van der Waals surface area contributed by atoms with Crippen LogP contribution < -0.4 is 10.4 Å². The fraction of sp³-hybridized carbons (Fsp3) is 0.545. The van der Waals surface area contributed by atoms with Gasteiger partial charge in [0.05, 0.1) is 0 Å². The average Bonchev–Trinajstić information content (AvgIpc) is 2.67. The Balaban J connectivity index is 1.75. The standard InChI is InChI=1S/C22H29NO4/c1-4-8-16-13-21(24)27-20-14-18(11-12-19(16)20)26-15(2)22(25)23(3)17-9-6-5-7-10-17/h11-15,17H,4-10H2,1-3H3. The third-order valence-electron chi connectivity index (χ3n) is 5.45. The zero-order valence-corrected chi connectivity index (χ0v) is 16.5. The monoisotopic (exact) mass is 371 g/mol. The van der Waals surface area contributed by atoms with Crippen molar-refractivity contribution in [2.75, 3.05) is 7.05 Å². The molecule has 1 saturated carbocycles.